The molecule has 1 amide bonds. The summed E-state index contributed by atoms with van der Waals surface area (Å²) in [6.07, 6.45) is 1.69. The lowest BCUT2D eigenvalue weighted by molar-refractivity contribution is -0.122. The topological polar surface area (TPSA) is 85.8 Å². The summed E-state index contributed by atoms with van der Waals surface area (Å²) in [5, 5.41) is 10.6. The molecule has 102 valence electrons. The Balaban J connectivity index is 2.42. The van der Waals surface area contributed by atoms with Crippen LogP contribution in [-0.4, -0.2) is 27.4 Å². The van der Waals surface area contributed by atoms with Gasteiger partial charge in [0.25, 0.3) is 0 Å². The fourth-order valence-electron chi connectivity index (χ4n) is 1.24. The molecule has 3 N–H and O–H groups in total. The molecular formula is C12H23N5O. The Morgan fingerprint density at radius 3 is 2.72 bits per heavy atom. The van der Waals surface area contributed by atoms with Gasteiger partial charge in [0.1, 0.15) is 6.54 Å². The highest BCUT2D eigenvalue weighted by Gasteiger charge is 2.22. The van der Waals surface area contributed by atoms with Crippen LogP contribution in [0, 0.1) is 11.3 Å². The number of aromatic nitrogens is 3. The van der Waals surface area contributed by atoms with Gasteiger partial charge in [0.05, 0.1) is 11.9 Å². The van der Waals surface area contributed by atoms with E-state index in [2.05, 4.69) is 43.3 Å². The molecule has 0 unspecified atom stereocenters. The Kier molecular flexibility index (Phi) is 4.84. The number of rotatable bonds is 6. The molecular weight excluding hydrogens is 230 g/mol. The SMILES string of the molecule is CC(C)C(C)(C)CNC(=O)Cn1cc(CN)nn1. The van der Waals surface area contributed by atoms with E-state index in [1.165, 1.54) is 4.68 Å². The van der Waals surface area contributed by atoms with Gasteiger partial charge in [-0.2, -0.15) is 0 Å². The summed E-state index contributed by atoms with van der Waals surface area (Å²) in [6.45, 7) is 9.75. The standard InChI is InChI=1S/C12H23N5O/c1-9(2)12(3,4)8-14-11(18)7-17-6-10(5-13)15-16-17/h6,9H,5,7-8,13H2,1-4H3,(H,14,18). The molecule has 0 aromatic carbocycles. The highest BCUT2D eigenvalue weighted by molar-refractivity contribution is 5.75. The van der Waals surface area contributed by atoms with E-state index in [0.717, 1.165) is 0 Å². The Morgan fingerprint density at radius 2 is 2.22 bits per heavy atom. The van der Waals surface area contributed by atoms with Crippen molar-refractivity contribution in [3.63, 3.8) is 0 Å². The molecule has 1 heterocycles. The molecule has 0 saturated carbocycles. The maximum absolute atomic E-state index is 11.7. The van der Waals surface area contributed by atoms with Gasteiger partial charge >= 0.3 is 0 Å². The molecule has 0 spiro atoms. The van der Waals surface area contributed by atoms with E-state index in [-0.39, 0.29) is 17.9 Å². The minimum atomic E-state index is -0.0582. The minimum Gasteiger partial charge on any atom is -0.354 e. The average Bonchev–Trinajstić information content (AvgIpc) is 2.74. The van der Waals surface area contributed by atoms with E-state index >= 15 is 0 Å². The van der Waals surface area contributed by atoms with Crippen LogP contribution < -0.4 is 11.1 Å². The number of carbonyl (C=O) groups is 1. The second kappa shape index (κ2) is 5.95. The van der Waals surface area contributed by atoms with Crippen molar-refractivity contribution in [1.29, 1.82) is 0 Å². The van der Waals surface area contributed by atoms with Crippen molar-refractivity contribution in [2.24, 2.45) is 17.1 Å². The summed E-state index contributed by atoms with van der Waals surface area (Å²) >= 11 is 0. The maximum atomic E-state index is 11.7. The second-order valence-corrected chi connectivity index (χ2v) is 5.53. The molecule has 0 radical (unpaired) electrons. The number of nitrogens with two attached hydrogens (primary N) is 1. The first kappa shape index (κ1) is 14.6. The molecule has 0 aliphatic rings. The van der Waals surface area contributed by atoms with Crippen LogP contribution in [0.15, 0.2) is 6.20 Å². The van der Waals surface area contributed by atoms with Gasteiger partial charge in [-0.25, -0.2) is 4.68 Å². The summed E-state index contributed by atoms with van der Waals surface area (Å²) in [7, 11) is 0. The van der Waals surface area contributed by atoms with Crippen LogP contribution in [0.3, 0.4) is 0 Å². The third kappa shape index (κ3) is 4.10. The van der Waals surface area contributed by atoms with Crippen molar-refractivity contribution in [2.75, 3.05) is 6.54 Å². The summed E-state index contributed by atoms with van der Waals surface area (Å²) in [5.74, 6) is 0.449. The van der Waals surface area contributed by atoms with Crippen molar-refractivity contribution in [3.05, 3.63) is 11.9 Å². The molecule has 0 bridgehead atoms. The highest BCUT2D eigenvalue weighted by atomic mass is 16.2. The molecule has 6 heteroatoms. The number of nitrogens with one attached hydrogen (secondary N) is 1. The van der Waals surface area contributed by atoms with Crippen LogP contribution in [0.4, 0.5) is 0 Å². The van der Waals surface area contributed by atoms with E-state index < -0.39 is 0 Å². The smallest absolute Gasteiger partial charge is 0.241 e. The Morgan fingerprint density at radius 1 is 1.56 bits per heavy atom. The van der Waals surface area contributed by atoms with Gasteiger partial charge in [0.15, 0.2) is 0 Å². The van der Waals surface area contributed by atoms with Crippen LogP contribution >= 0.6 is 0 Å². The van der Waals surface area contributed by atoms with Gasteiger partial charge < -0.3 is 11.1 Å². The number of amides is 1. The van der Waals surface area contributed by atoms with E-state index in [0.29, 0.717) is 24.7 Å². The Bertz CT molecular complexity index is 397. The summed E-state index contributed by atoms with van der Waals surface area (Å²) in [6, 6.07) is 0. The molecule has 18 heavy (non-hydrogen) atoms. The zero-order valence-corrected chi connectivity index (χ0v) is 11.6. The van der Waals surface area contributed by atoms with Gasteiger partial charge in [-0.15, -0.1) is 5.10 Å². The molecule has 6 nitrogen and oxygen atoms in total. The average molecular weight is 253 g/mol. The second-order valence-electron chi connectivity index (χ2n) is 5.53. The van der Waals surface area contributed by atoms with Crippen molar-refractivity contribution in [1.82, 2.24) is 20.3 Å². The van der Waals surface area contributed by atoms with E-state index in [9.17, 15) is 4.79 Å². The van der Waals surface area contributed by atoms with E-state index in [4.69, 9.17) is 5.73 Å². The lowest BCUT2D eigenvalue weighted by Gasteiger charge is -2.29. The first-order valence-electron chi connectivity index (χ1n) is 6.21. The van der Waals surface area contributed by atoms with Crippen LogP contribution in [0.2, 0.25) is 0 Å². The zero-order chi connectivity index (χ0) is 13.8. The molecule has 0 aliphatic carbocycles. The first-order chi connectivity index (χ1) is 8.35. The fraction of sp³-hybridized carbons (Fsp3) is 0.750. The lowest BCUT2D eigenvalue weighted by atomic mass is 9.81. The molecule has 1 aromatic rings. The normalized spacial score (nSPS) is 11.9. The van der Waals surface area contributed by atoms with Gasteiger partial charge in [0, 0.05) is 13.1 Å². The monoisotopic (exact) mass is 253 g/mol. The van der Waals surface area contributed by atoms with Crippen molar-refractivity contribution in [3.8, 4) is 0 Å². The summed E-state index contributed by atoms with van der Waals surface area (Å²) in [4.78, 5) is 11.7. The molecule has 1 rings (SSSR count). The maximum Gasteiger partial charge on any atom is 0.241 e. The third-order valence-corrected chi connectivity index (χ3v) is 3.40. The van der Waals surface area contributed by atoms with Gasteiger partial charge in [-0.1, -0.05) is 32.9 Å². The van der Waals surface area contributed by atoms with E-state index in [1.54, 1.807) is 6.20 Å². The van der Waals surface area contributed by atoms with Crippen molar-refractivity contribution >= 4 is 5.91 Å². The highest BCUT2D eigenvalue weighted by Crippen LogP contribution is 2.24. The van der Waals surface area contributed by atoms with Gasteiger partial charge in [0.2, 0.25) is 5.91 Å². The Hall–Kier alpha value is -1.43. The fourth-order valence-corrected chi connectivity index (χ4v) is 1.24. The Labute approximate surface area is 108 Å². The molecule has 0 fully saturated rings. The number of hydrogen-bond acceptors (Lipinski definition) is 4. The van der Waals surface area contributed by atoms with Crippen molar-refractivity contribution in [2.45, 2.75) is 40.8 Å². The number of carbonyl (C=O) groups excluding carboxylic acids is 1. The summed E-state index contributed by atoms with van der Waals surface area (Å²) < 4.78 is 1.50. The van der Waals surface area contributed by atoms with Crippen LogP contribution in [0.5, 0.6) is 0 Å². The predicted octanol–water partition coefficient (Wildman–Crippen LogP) is 0.535. The van der Waals surface area contributed by atoms with Crippen LogP contribution in [-0.2, 0) is 17.9 Å². The first-order valence-corrected chi connectivity index (χ1v) is 6.21. The summed E-state index contributed by atoms with van der Waals surface area (Å²) in [5.41, 5.74) is 6.20. The lowest BCUT2D eigenvalue weighted by Crippen LogP contribution is -2.38. The minimum absolute atomic E-state index is 0.0582. The van der Waals surface area contributed by atoms with Crippen molar-refractivity contribution < 1.29 is 4.79 Å². The number of hydrogen-bond donors (Lipinski definition) is 2. The molecule has 0 aliphatic heterocycles. The van der Waals surface area contributed by atoms with Gasteiger partial charge in [-0.3, -0.25) is 4.79 Å². The predicted molar refractivity (Wildman–Crippen MR) is 69.5 cm³/mol. The van der Waals surface area contributed by atoms with Crippen LogP contribution in [0.1, 0.15) is 33.4 Å². The molecule has 0 saturated heterocycles. The third-order valence-electron chi connectivity index (χ3n) is 3.40. The van der Waals surface area contributed by atoms with Gasteiger partial charge in [-0.05, 0) is 11.3 Å². The largest absolute Gasteiger partial charge is 0.354 e. The van der Waals surface area contributed by atoms with E-state index in [1.807, 2.05) is 0 Å². The van der Waals surface area contributed by atoms with Crippen LogP contribution in [0.25, 0.3) is 0 Å². The zero-order valence-electron chi connectivity index (χ0n) is 11.6. The number of nitrogens with zero attached hydrogens (tertiary/aromatic N) is 3. The molecule has 0 atom stereocenters. The quantitative estimate of drug-likeness (QED) is 0.774. The molecule has 1 aromatic heterocycles.